The minimum absolute atomic E-state index is 0.0933. The van der Waals surface area contributed by atoms with E-state index in [1.807, 2.05) is 6.07 Å². The fourth-order valence-electron chi connectivity index (χ4n) is 1.62. The summed E-state index contributed by atoms with van der Waals surface area (Å²) in [4.78, 5) is 11.4. The maximum absolute atomic E-state index is 11.4. The van der Waals surface area contributed by atoms with Crippen molar-refractivity contribution < 1.29 is 4.79 Å². The molecule has 92 valence electrons. The number of rotatable bonds is 2. The number of hydrogen-bond donors (Lipinski definition) is 1. The topological polar surface area (TPSA) is 71.5 Å². The predicted molar refractivity (Wildman–Crippen MR) is 66.9 cm³/mol. The highest BCUT2D eigenvalue weighted by Gasteiger charge is 2.18. The molecule has 2 aromatic rings. The van der Waals surface area contributed by atoms with E-state index in [0.29, 0.717) is 11.4 Å². The lowest BCUT2D eigenvalue weighted by Crippen LogP contribution is -2.12. The number of nitrogens with zero attached hydrogens (tertiary/aromatic N) is 3. The third-order valence-corrected chi connectivity index (χ3v) is 2.69. The zero-order chi connectivity index (χ0) is 13.3. The third-order valence-electron chi connectivity index (χ3n) is 2.69. The number of benzene rings is 1. The molecule has 0 saturated carbocycles. The maximum Gasteiger partial charge on any atom is 0.204 e. The van der Waals surface area contributed by atoms with E-state index in [-0.39, 0.29) is 5.41 Å². The highest BCUT2D eigenvalue weighted by Crippen LogP contribution is 2.27. The summed E-state index contributed by atoms with van der Waals surface area (Å²) in [5.74, 6) is -0.0190. The molecule has 0 spiro atoms. The zero-order valence-corrected chi connectivity index (χ0v) is 10.6. The lowest BCUT2D eigenvalue weighted by Gasteiger charge is -2.20. The Labute approximate surface area is 106 Å². The van der Waals surface area contributed by atoms with E-state index in [1.165, 1.54) is 0 Å². The van der Waals surface area contributed by atoms with Crippen LogP contribution in [0.15, 0.2) is 18.2 Å². The molecule has 2 radical (unpaired) electrons. The Bertz CT molecular complexity index is 567. The average molecular weight is 242 g/mol. The number of H-pyrrole nitrogens is 1. The van der Waals surface area contributed by atoms with Crippen molar-refractivity contribution >= 4 is 5.78 Å². The number of carbonyl (C=O) groups excluding carboxylic acids is 1. The zero-order valence-electron chi connectivity index (χ0n) is 10.6. The summed E-state index contributed by atoms with van der Waals surface area (Å²) < 4.78 is 0. The second-order valence-corrected chi connectivity index (χ2v) is 5.15. The van der Waals surface area contributed by atoms with Gasteiger partial charge in [-0.2, -0.15) is 5.21 Å². The van der Waals surface area contributed by atoms with E-state index in [1.54, 1.807) is 12.1 Å². The van der Waals surface area contributed by atoms with Gasteiger partial charge in [0.15, 0.2) is 5.78 Å². The summed E-state index contributed by atoms with van der Waals surface area (Å²) in [7, 11) is 0. The first kappa shape index (κ1) is 12.4. The Morgan fingerprint density at radius 2 is 2.00 bits per heavy atom. The van der Waals surface area contributed by atoms with Gasteiger partial charge >= 0.3 is 0 Å². The van der Waals surface area contributed by atoms with Crippen LogP contribution in [0.4, 0.5) is 0 Å². The molecular weight excluding hydrogens is 228 g/mol. The molecule has 1 aromatic heterocycles. The van der Waals surface area contributed by atoms with Crippen molar-refractivity contribution in [2.75, 3.05) is 0 Å². The minimum Gasteiger partial charge on any atom is -0.294 e. The number of aromatic amines is 1. The van der Waals surface area contributed by atoms with Gasteiger partial charge in [0.2, 0.25) is 5.82 Å². The normalized spacial score (nSPS) is 11.6. The van der Waals surface area contributed by atoms with Gasteiger partial charge in [-0.3, -0.25) is 4.79 Å². The smallest absolute Gasteiger partial charge is 0.204 e. The molecule has 0 saturated heterocycles. The van der Waals surface area contributed by atoms with Gasteiger partial charge in [0, 0.05) is 18.1 Å². The van der Waals surface area contributed by atoms with Crippen LogP contribution in [-0.2, 0) is 5.41 Å². The van der Waals surface area contributed by atoms with Crippen molar-refractivity contribution in [2.45, 2.75) is 26.2 Å². The third kappa shape index (κ3) is 2.45. The van der Waals surface area contributed by atoms with Gasteiger partial charge < -0.3 is 0 Å². The molecule has 1 N–H and O–H groups in total. The highest BCUT2D eigenvalue weighted by molar-refractivity contribution is 6.00. The van der Waals surface area contributed by atoms with Gasteiger partial charge in [-0.15, -0.1) is 10.2 Å². The Morgan fingerprint density at radius 3 is 2.50 bits per heavy atom. The lowest BCUT2D eigenvalue weighted by molar-refractivity contribution is 0.104. The molecule has 0 aliphatic heterocycles. The standard InChI is InChI=1S/C13H14N4O/c1-8(18)9-5-10(12-14-16-17-15-12)7-11(6-9)13(2,3)4/h1,5-7H,2-4H3,(H,14,15,16,17). The van der Waals surface area contributed by atoms with Crippen molar-refractivity contribution in [1.82, 2.24) is 20.6 Å². The number of ketones is 1. The molecule has 1 aromatic carbocycles. The Kier molecular flexibility index (Phi) is 2.98. The quantitative estimate of drug-likeness (QED) is 0.818. The molecule has 5 heteroatoms. The van der Waals surface area contributed by atoms with Gasteiger partial charge in [-0.25, -0.2) is 0 Å². The molecule has 0 atom stereocenters. The van der Waals surface area contributed by atoms with Crippen molar-refractivity contribution in [3.8, 4) is 11.4 Å². The minimum atomic E-state index is -0.467. The van der Waals surface area contributed by atoms with Gasteiger partial charge in [-0.05, 0) is 34.4 Å². The molecule has 0 amide bonds. The van der Waals surface area contributed by atoms with Gasteiger partial charge in [0.1, 0.15) is 0 Å². The van der Waals surface area contributed by atoms with Gasteiger partial charge in [0.05, 0.1) is 0 Å². The molecule has 0 unspecified atom stereocenters. The van der Waals surface area contributed by atoms with Crippen LogP contribution < -0.4 is 0 Å². The molecule has 0 aliphatic carbocycles. The first-order valence-electron chi connectivity index (χ1n) is 5.57. The first-order valence-corrected chi connectivity index (χ1v) is 5.57. The number of carbonyl (C=O) groups is 1. The summed E-state index contributed by atoms with van der Waals surface area (Å²) in [6.07, 6.45) is 0. The van der Waals surface area contributed by atoms with E-state index < -0.39 is 5.78 Å². The monoisotopic (exact) mass is 242 g/mol. The SMILES string of the molecule is [CH]C(=O)c1cc(-c2nn[nH]n2)cc(C(C)(C)C)c1. The Morgan fingerprint density at radius 1 is 1.28 bits per heavy atom. The van der Waals surface area contributed by atoms with E-state index in [4.69, 9.17) is 6.92 Å². The molecule has 0 fully saturated rings. The second-order valence-electron chi connectivity index (χ2n) is 5.15. The fraction of sp³-hybridized carbons (Fsp3) is 0.308. The molecular formula is C13H14N4O. The number of hydrogen-bond acceptors (Lipinski definition) is 4. The number of aromatic nitrogens is 4. The van der Waals surface area contributed by atoms with Crippen LogP contribution >= 0.6 is 0 Å². The number of Topliss-reactive ketones (excluding diaryl/α,β-unsaturated/α-hetero) is 1. The highest BCUT2D eigenvalue weighted by atomic mass is 16.1. The predicted octanol–water partition coefficient (Wildman–Crippen LogP) is 2.06. The number of tetrazole rings is 1. The van der Waals surface area contributed by atoms with E-state index >= 15 is 0 Å². The Hall–Kier alpha value is -2.04. The molecule has 1 heterocycles. The van der Waals surface area contributed by atoms with E-state index in [0.717, 1.165) is 11.1 Å². The van der Waals surface area contributed by atoms with Gasteiger partial charge in [0.25, 0.3) is 0 Å². The first-order chi connectivity index (χ1) is 8.38. The van der Waals surface area contributed by atoms with Crippen molar-refractivity contribution in [1.29, 1.82) is 0 Å². The average Bonchev–Trinajstić information content (AvgIpc) is 2.80. The van der Waals surface area contributed by atoms with Crippen LogP contribution in [0.1, 0.15) is 36.7 Å². The molecule has 2 rings (SSSR count). The van der Waals surface area contributed by atoms with Crippen molar-refractivity contribution in [2.24, 2.45) is 0 Å². The van der Waals surface area contributed by atoms with Crippen LogP contribution in [0.5, 0.6) is 0 Å². The summed E-state index contributed by atoms with van der Waals surface area (Å²) >= 11 is 0. The van der Waals surface area contributed by atoms with Crippen LogP contribution in [0, 0.1) is 6.92 Å². The van der Waals surface area contributed by atoms with Crippen molar-refractivity contribution in [3.05, 3.63) is 36.2 Å². The van der Waals surface area contributed by atoms with Crippen LogP contribution in [0.2, 0.25) is 0 Å². The Balaban J connectivity index is 2.61. The summed E-state index contributed by atoms with van der Waals surface area (Å²) in [6.45, 7) is 11.5. The summed E-state index contributed by atoms with van der Waals surface area (Å²) in [5.41, 5.74) is 2.08. The van der Waals surface area contributed by atoms with E-state index in [9.17, 15) is 4.79 Å². The molecule has 18 heavy (non-hydrogen) atoms. The fourth-order valence-corrected chi connectivity index (χ4v) is 1.62. The second kappa shape index (κ2) is 4.33. The summed E-state index contributed by atoms with van der Waals surface area (Å²) in [6, 6.07) is 5.41. The molecule has 5 nitrogen and oxygen atoms in total. The summed E-state index contributed by atoms with van der Waals surface area (Å²) in [5, 5.41) is 13.7. The largest absolute Gasteiger partial charge is 0.294 e. The van der Waals surface area contributed by atoms with Crippen LogP contribution in [-0.4, -0.2) is 26.4 Å². The maximum atomic E-state index is 11.4. The van der Waals surface area contributed by atoms with Gasteiger partial charge in [-0.1, -0.05) is 20.8 Å². The molecule has 0 bridgehead atoms. The van der Waals surface area contributed by atoms with Crippen molar-refractivity contribution in [3.63, 3.8) is 0 Å². The molecule has 0 aliphatic rings. The number of nitrogens with one attached hydrogen (secondary N) is 1. The lowest BCUT2D eigenvalue weighted by atomic mass is 9.84. The van der Waals surface area contributed by atoms with Crippen LogP contribution in [0.25, 0.3) is 11.4 Å². The van der Waals surface area contributed by atoms with E-state index in [2.05, 4.69) is 41.4 Å². The van der Waals surface area contributed by atoms with Crippen LogP contribution in [0.3, 0.4) is 0 Å².